The highest BCUT2D eigenvalue weighted by molar-refractivity contribution is 7.99. The van der Waals surface area contributed by atoms with Gasteiger partial charge in [-0.1, -0.05) is 18.2 Å². The smallest absolute Gasteiger partial charge is 0.307 e. The third-order valence-corrected chi connectivity index (χ3v) is 5.74. The minimum absolute atomic E-state index is 0.155. The van der Waals surface area contributed by atoms with Crippen LogP contribution in [0.25, 0.3) is 17.2 Å². The predicted octanol–water partition coefficient (Wildman–Crippen LogP) is 4.33. The van der Waals surface area contributed by atoms with Crippen molar-refractivity contribution in [3.63, 3.8) is 0 Å². The lowest BCUT2D eigenvalue weighted by atomic mass is 10.0. The fourth-order valence-electron chi connectivity index (χ4n) is 3.15. The van der Waals surface area contributed by atoms with Crippen molar-refractivity contribution in [1.82, 2.24) is 0 Å². The van der Waals surface area contributed by atoms with E-state index in [0.29, 0.717) is 16.0 Å². The highest BCUT2D eigenvalue weighted by Gasteiger charge is 2.25. The minimum atomic E-state index is -2.27. The first kappa shape index (κ1) is 18.1. The molecule has 1 atom stereocenters. The van der Waals surface area contributed by atoms with E-state index in [1.807, 2.05) is 25.1 Å². The average molecular weight is 370 g/mol. The molecule has 1 unspecified atom stereocenters. The number of allylic oxidation sites excluding steroid dienone is 2. The molecule has 0 bridgehead atoms. The summed E-state index contributed by atoms with van der Waals surface area (Å²) in [5.74, 6) is 2.33. The molecule has 3 rings (SSSR count). The number of benzene rings is 2. The molecule has 0 fully saturated rings. The van der Waals surface area contributed by atoms with E-state index < -0.39 is 21.3 Å². The zero-order valence-corrected chi connectivity index (χ0v) is 15.4. The van der Waals surface area contributed by atoms with E-state index >= 15 is 0 Å². The molecular weight excluding hydrogens is 351 g/mol. The van der Waals surface area contributed by atoms with Crippen molar-refractivity contribution in [1.29, 1.82) is 0 Å². The summed E-state index contributed by atoms with van der Waals surface area (Å²) in [6.45, 7) is 1.85. The lowest BCUT2D eigenvalue weighted by molar-refractivity contribution is -0.135. The standard InChI is InChI=1S/C21H19FO3S/c1-13-18(10-14-4-7-16(8-5-14)26(2,3)25)17-9-6-15(22)11-20(17)19(13)12-21(23)24/h4-11H,2,12H2,1,3H3,(H,23,24)/b18-10-. The second-order valence-electron chi connectivity index (χ2n) is 6.50. The summed E-state index contributed by atoms with van der Waals surface area (Å²) >= 11 is 0. The Balaban J connectivity index is 2.11. The van der Waals surface area contributed by atoms with Gasteiger partial charge in [-0.2, -0.15) is 0 Å². The van der Waals surface area contributed by atoms with Crippen LogP contribution in [0.15, 0.2) is 52.9 Å². The molecule has 2 aromatic carbocycles. The Bertz CT molecular complexity index is 1060. The Morgan fingerprint density at radius 2 is 1.85 bits per heavy atom. The normalized spacial score (nSPS) is 17.3. The van der Waals surface area contributed by atoms with Gasteiger partial charge in [-0.15, -0.1) is 0 Å². The van der Waals surface area contributed by atoms with Crippen LogP contribution < -0.4 is 0 Å². The van der Waals surface area contributed by atoms with Crippen LogP contribution in [0.2, 0.25) is 0 Å². The van der Waals surface area contributed by atoms with Crippen molar-refractivity contribution < 1.29 is 18.5 Å². The molecule has 134 valence electrons. The highest BCUT2D eigenvalue weighted by Crippen LogP contribution is 2.43. The van der Waals surface area contributed by atoms with E-state index in [1.54, 1.807) is 24.5 Å². The van der Waals surface area contributed by atoms with Crippen molar-refractivity contribution in [2.24, 2.45) is 0 Å². The molecular formula is C21H19FO3S. The predicted molar refractivity (Wildman–Crippen MR) is 105 cm³/mol. The van der Waals surface area contributed by atoms with Crippen molar-refractivity contribution in [2.45, 2.75) is 18.2 Å². The highest BCUT2D eigenvalue weighted by atomic mass is 32.2. The van der Waals surface area contributed by atoms with Crippen molar-refractivity contribution >= 4 is 38.6 Å². The van der Waals surface area contributed by atoms with E-state index in [-0.39, 0.29) is 6.42 Å². The SMILES string of the molecule is C=S(C)(=O)c1ccc(/C=C2/C(C)=C(CC(=O)O)c3cc(F)ccc32)cc1. The van der Waals surface area contributed by atoms with Crippen LogP contribution in [-0.4, -0.2) is 27.4 Å². The molecule has 0 aromatic heterocycles. The quantitative estimate of drug-likeness (QED) is 0.815. The molecule has 2 aromatic rings. The maximum Gasteiger partial charge on any atom is 0.307 e. The van der Waals surface area contributed by atoms with E-state index in [0.717, 1.165) is 22.3 Å². The van der Waals surface area contributed by atoms with Crippen LogP contribution in [0.5, 0.6) is 0 Å². The summed E-state index contributed by atoms with van der Waals surface area (Å²) in [6.07, 6.45) is 3.37. The number of halogens is 1. The topological polar surface area (TPSA) is 54.4 Å². The second kappa shape index (κ2) is 6.57. The molecule has 3 nitrogen and oxygen atoms in total. The number of carboxylic acid groups (broad SMARTS) is 1. The Kier molecular flexibility index (Phi) is 4.59. The van der Waals surface area contributed by atoms with Crippen molar-refractivity contribution in [3.8, 4) is 0 Å². The number of hydrogen-bond donors (Lipinski definition) is 1. The van der Waals surface area contributed by atoms with Crippen molar-refractivity contribution in [3.05, 3.63) is 70.5 Å². The summed E-state index contributed by atoms with van der Waals surface area (Å²) in [5, 5.41) is 9.19. The maximum atomic E-state index is 13.7. The summed E-state index contributed by atoms with van der Waals surface area (Å²) in [4.78, 5) is 11.9. The third kappa shape index (κ3) is 3.48. The van der Waals surface area contributed by atoms with E-state index in [4.69, 9.17) is 0 Å². The van der Waals surface area contributed by atoms with Gasteiger partial charge < -0.3 is 5.11 Å². The zero-order chi connectivity index (χ0) is 19.1. The molecule has 0 radical (unpaired) electrons. The summed E-state index contributed by atoms with van der Waals surface area (Å²) in [7, 11) is -2.27. The fourth-order valence-corrected chi connectivity index (χ4v) is 3.86. The van der Waals surface area contributed by atoms with Gasteiger partial charge in [-0.25, -0.2) is 4.39 Å². The molecule has 0 aliphatic heterocycles. The lowest BCUT2D eigenvalue weighted by Crippen LogP contribution is -1.97. The maximum absolute atomic E-state index is 13.7. The van der Waals surface area contributed by atoms with E-state index in [2.05, 4.69) is 5.87 Å². The summed E-state index contributed by atoms with van der Waals surface area (Å²) in [5.41, 5.74) is 4.66. The molecule has 1 aliphatic rings. The largest absolute Gasteiger partial charge is 0.481 e. The third-order valence-electron chi connectivity index (χ3n) is 4.47. The van der Waals surface area contributed by atoms with E-state index in [9.17, 15) is 18.5 Å². The number of rotatable bonds is 4. The first-order valence-electron chi connectivity index (χ1n) is 8.03. The summed E-state index contributed by atoms with van der Waals surface area (Å²) < 4.78 is 25.7. The van der Waals surface area contributed by atoms with Crippen LogP contribution >= 0.6 is 0 Å². The van der Waals surface area contributed by atoms with Crippen LogP contribution in [0, 0.1) is 5.82 Å². The Morgan fingerprint density at radius 1 is 1.19 bits per heavy atom. The minimum Gasteiger partial charge on any atom is -0.481 e. The Hall–Kier alpha value is -2.66. The summed E-state index contributed by atoms with van der Waals surface area (Å²) in [6, 6.07) is 11.7. The molecule has 26 heavy (non-hydrogen) atoms. The monoisotopic (exact) mass is 370 g/mol. The zero-order valence-electron chi connectivity index (χ0n) is 14.6. The molecule has 1 N–H and O–H groups in total. The number of carbonyl (C=O) groups is 1. The van der Waals surface area contributed by atoms with Crippen LogP contribution in [-0.2, 0) is 14.3 Å². The first-order valence-corrected chi connectivity index (χ1v) is 10.2. The van der Waals surface area contributed by atoms with Crippen LogP contribution in [0.1, 0.15) is 30.0 Å². The van der Waals surface area contributed by atoms with Gasteiger partial charge in [0.05, 0.1) is 6.42 Å². The van der Waals surface area contributed by atoms with Gasteiger partial charge in [0.25, 0.3) is 0 Å². The number of hydrogen-bond acceptors (Lipinski definition) is 2. The number of aliphatic carboxylic acids is 1. The molecule has 0 saturated carbocycles. The average Bonchev–Trinajstić information content (AvgIpc) is 2.79. The van der Waals surface area contributed by atoms with Crippen LogP contribution in [0.4, 0.5) is 4.39 Å². The van der Waals surface area contributed by atoms with Gasteiger partial charge in [0.15, 0.2) is 0 Å². The Labute approximate surface area is 152 Å². The molecule has 1 aliphatic carbocycles. The van der Waals surface area contributed by atoms with Gasteiger partial charge in [0.1, 0.15) is 5.82 Å². The fraction of sp³-hybridized carbons (Fsp3) is 0.143. The number of fused-ring (bicyclic) bond motifs is 1. The molecule has 0 amide bonds. The molecule has 0 saturated heterocycles. The van der Waals surface area contributed by atoms with Crippen LogP contribution in [0.3, 0.4) is 0 Å². The lowest BCUT2D eigenvalue weighted by Gasteiger charge is -2.06. The molecule has 0 spiro atoms. The van der Waals surface area contributed by atoms with Gasteiger partial charge in [-0.3, -0.25) is 9.00 Å². The molecule has 0 heterocycles. The van der Waals surface area contributed by atoms with E-state index in [1.165, 1.54) is 12.1 Å². The Morgan fingerprint density at radius 3 is 2.42 bits per heavy atom. The van der Waals surface area contributed by atoms with Gasteiger partial charge >= 0.3 is 5.97 Å². The van der Waals surface area contributed by atoms with Crippen molar-refractivity contribution in [2.75, 3.05) is 6.26 Å². The molecule has 5 heteroatoms. The number of carboxylic acids is 1. The first-order chi connectivity index (χ1) is 12.2. The second-order valence-corrected chi connectivity index (χ2v) is 8.98. The van der Waals surface area contributed by atoms with Gasteiger partial charge in [0, 0.05) is 11.2 Å². The van der Waals surface area contributed by atoms with Gasteiger partial charge in [0.2, 0.25) is 0 Å². The van der Waals surface area contributed by atoms with Gasteiger partial charge in [-0.05, 0) is 86.1 Å².